The summed E-state index contributed by atoms with van der Waals surface area (Å²) in [5.41, 5.74) is 0.167. The van der Waals surface area contributed by atoms with Crippen LogP contribution in [0.3, 0.4) is 0 Å². The quantitative estimate of drug-likeness (QED) is 0.759. The summed E-state index contributed by atoms with van der Waals surface area (Å²) in [6.45, 7) is 1.41. The highest BCUT2D eigenvalue weighted by Crippen LogP contribution is 2.33. The fourth-order valence-electron chi connectivity index (χ4n) is 4.14. The summed E-state index contributed by atoms with van der Waals surface area (Å²) in [5, 5.41) is 0. The molecule has 144 valence electrons. The summed E-state index contributed by atoms with van der Waals surface area (Å²) in [6.07, 6.45) is 3.34. The summed E-state index contributed by atoms with van der Waals surface area (Å²) in [5.74, 6) is -2.73. The van der Waals surface area contributed by atoms with Crippen molar-refractivity contribution in [1.82, 2.24) is 9.80 Å². The van der Waals surface area contributed by atoms with Crippen LogP contribution in [0.5, 0.6) is 0 Å². The van der Waals surface area contributed by atoms with Crippen molar-refractivity contribution in [2.45, 2.75) is 38.1 Å². The summed E-state index contributed by atoms with van der Waals surface area (Å²) in [6, 6.07) is 3.53. The van der Waals surface area contributed by atoms with E-state index in [4.69, 9.17) is 0 Å². The second kappa shape index (κ2) is 7.02. The monoisotopic (exact) mass is 376 g/mol. The number of nitrogens with zero attached hydrogens (tertiary/aromatic N) is 2. The Morgan fingerprint density at radius 1 is 0.963 bits per heavy atom. The second-order valence-corrected chi connectivity index (χ2v) is 7.77. The Morgan fingerprint density at radius 2 is 1.67 bits per heavy atom. The number of Topliss-reactive ketones (excluding diaryl/α,β-unsaturated/α-hetero) is 1. The summed E-state index contributed by atoms with van der Waals surface area (Å²) in [4.78, 5) is 40.9. The third-order valence-corrected chi connectivity index (χ3v) is 5.88. The molecule has 3 fully saturated rings. The van der Waals surface area contributed by atoms with Crippen molar-refractivity contribution in [3.63, 3.8) is 0 Å². The summed E-state index contributed by atoms with van der Waals surface area (Å²) >= 11 is 0. The van der Waals surface area contributed by atoms with E-state index in [1.54, 1.807) is 4.90 Å². The maximum absolute atomic E-state index is 13.4. The SMILES string of the molecule is O=C(c1ccc(F)c(F)c1)C1CCN(C(=O)[C@H]2CC(=O)N(C3CC3)C2)CC1. The molecule has 1 saturated carbocycles. The molecular formula is C20H22F2N2O3. The average Bonchev–Trinajstić information content (AvgIpc) is 3.44. The standard InChI is InChI=1S/C20H22F2N2O3/c21-16-4-1-13(9-17(16)22)19(26)12-5-7-23(8-6-12)20(27)14-10-18(25)24(11-14)15-2-3-15/h1,4,9,12,14-15H,2-3,5-8,10-11H2/t14-/m0/s1. The predicted octanol–water partition coefficient (Wildman–Crippen LogP) is 2.40. The second-order valence-electron chi connectivity index (χ2n) is 7.77. The number of ketones is 1. The topological polar surface area (TPSA) is 57.7 Å². The Hall–Kier alpha value is -2.31. The van der Waals surface area contributed by atoms with Crippen LogP contribution in [0.25, 0.3) is 0 Å². The van der Waals surface area contributed by atoms with E-state index in [1.165, 1.54) is 6.07 Å². The zero-order valence-corrected chi connectivity index (χ0v) is 15.0. The van der Waals surface area contributed by atoms with Gasteiger partial charge in [0.05, 0.1) is 5.92 Å². The molecule has 0 bridgehead atoms. The van der Waals surface area contributed by atoms with Gasteiger partial charge in [-0.1, -0.05) is 0 Å². The first-order valence-corrected chi connectivity index (χ1v) is 9.51. The molecule has 1 atom stereocenters. The highest BCUT2D eigenvalue weighted by Gasteiger charge is 2.43. The van der Waals surface area contributed by atoms with Crippen LogP contribution in [0, 0.1) is 23.5 Å². The van der Waals surface area contributed by atoms with E-state index in [2.05, 4.69) is 0 Å². The van der Waals surface area contributed by atoms with Crippen molar-refractivity contribution < 1.29 is 23.2 Å². The zero-order valence-electron chi connectivity index (χ0n) is 15.0. The predicted molar refractivity (Wildman–Crippen MR) is 92.8 cm³/mol. The number of likely N-dealkylation sites (tertiary alicyclic amines) is 2. The van der Waals surface area contributed by atoms with Crippen LogP contribution < -0.4 is 0 Å². The minimum absolute atomic E-state index is 0.00905. The summed E-state index contributed by atoms with van der Waals surface area (Å²) < 4.78 is 26.4. The van der Waals surface area contributed by atoms with Crippen LogP contribution in [-0.2, 0) is 9.59 Å². The number of hydrogen-bond donors (Lipinski definition) is 0. The van der Waals surface area contributed by atoms with Crippen molar-refractivity contribution >= 4 is 17.6 Å². The first-order valence-electron chi connectivity index (χ1n) is 9.51. The smallest absolute Gasteiger partial charge is 0.227 e. The molecule has 0 spiro atoms. The van der Waals surface area contributed by atoms with Gasteiger partial charge in [-0.15, -0.1) is 0 Å². The largest absolute Gasteiger partial charge is 0.342 e. The van der Waals surface area contributed by atoms with Crippen molar-refractivity contribution in [2.75, 3.05) is 19.6 Å². The van der Waals surface area contributed by atoms with Crippen molar-refractivity contribution in [1.29, 1.82) is 0 Å². The lowest BCUT2D eigenvalue weighted by Crippen LogP contribution is -2.43. The lowest BCUT2D eigenvalue weighted by molar-refractivity contribution is -0.137. The maximum Gasteiger partial charge on any atom is 0.227 e. The van der Waals surface area contributed by atoms with Crippen LogP contribution in [0.2, 0.25) is 0 Å². The van der Waals surface area contributed by atoms with Crippen molar-refractivity contribution in [3.8, 4) is 0 Å². The van der Waals surface area contributed by atoms with E-state index in [1.807, 2.05) is 4.90 Å². The molecule has 27 heavy (non-hydrogen) atoms. The molecule has 1 aliphatic carbocycles. The Balaban J connectivity index is 1.33. The molecule has 2 heterocycles. The van der Waals surface area contributed by atoms with Gasteiger partial charge >= 0.3 is 0 Å². The molecule has 4 rings (SSSR count). The number of amides is 2. The van der Waals surface area contributed by atoms with Crippen LogP contribution in [0.1, 0.15) is 42.5 Å². The highest BCUT2D eigenvalue weighted by molar-refractivity contribution is 5.98. The third kappa shape index (κ3) is 3.59. The first kappa shape index (κ1) is 18.1. The van der Waals surface area contributed by atoms with Crippen LogP contribution in [0.15, 0.2) is 18.2 Å². The molecule has 0 aromatic heterocycles. The van der Waals surface area contributed by atoms with Gasteiger partial charge < -0.3 is 9.80 Å². The van der Waals surface area contributed by atoms with Crippen LogP contribution >= 0.6 is 0 Å². The van der Waals surface area contributed by atoms with Gasteiger partial charge in [0.25, 0.3) is 0 Å². The van der Waals surface area contributed by atoms with Crippen LogP contribution in [-0.4, -0.2) is 53.1 Å². The molecular weight excluding hydrogens is 354 g/mol. The molecule has 2 saturated heterocycles. The Morgan fingerprint density at radius 3 is 2.30 bits per heavy atom. The normalized spacial score (nSPS) is 23.8. The van der Waals surface area contributed by atoms with Gasteiger partial charge in [-0.2, -0.15) is 0 Å². The average molecular weight is 376 g/mol. The van der Waals surface area contributed by atoms with Gasteiger partial charge in [-0.3, -0.25) is 14.4 Å². The highest BCUT2D eigenvalue weighted by atomic mass is 19.2. The Kier molecular flexibility index (Phi) is 4.70. The zero-order chi connectivity index (χ0) is 19.1. The molecule has 5 nitrogen and oxygen atoms in total. The van der Waals surface area contributed by atoms with Crippen molar-refractivity contribution in [3.05, 3.63) is 35.4 Å². The lowest BCUT2D eigenvalue weighted by atomic mass is 9.88. The molecule has 1 aromatic rings. The number of piperidine rings is 1. The lowest BCUT2D eigenvalue weighted by Gasteiger charge is -2.33. The molecule has 0 radical (unpaired) electrons. The molecule has 0 N–H and O–H groups in total. The van der Waals surface area contributed by atoms with E-state index in [0.717, 1.165) is 25.0 Å². The molecule has 3 aliphatic rings. The van der Waals surface area contributed by atoms with Crippen molar-refractivity contribution in [2.24, 2.45) is 11.8 Å². The number of benzene rings is 1. The molecule has 2 aliphatic heterocycles. The van der Waals surface area contributed by atoms with Gasteiger partial charge in [0, 0.05) is 43.6 Å². The Bertz CT molecular complexity index is 785. The van der Waals surface area contributed by atoms with E-state index in [0.29, 0.717) is 38.5 Å². The van der Waals surface area contributed by atoms with Gasteiger partial charge in [0.2, 0.25) is 11.8 Å². The van der Waals surface area contributed by atoms with E-state index < -0.39 is 11.6 Å². The minimum atomic E-state index is -1.03. The number of rotatable bonds is 4. The summed E-state index contributed by atoms with van der Waals surface area (Å²) in [7, 11) is 0. The van der Waals surface area contributed by atoms with E-state index >= 15 is 0 Å². The first-order chi connectivity index (χ1) is 12.9. The minimum Gasteiger partial charge on any atom is -0.342 e. The van der Waals surface area contributed by atoms with Crippen LogP contribution in [0.4, 0.5) is 8.78 Å². The fourth-order valence-corrected chi connectivity index (χ4v) is 4.14. The van der Waals surface area contributed by atoms with Gasteiger partial charge in [0.15, 0.2) is 17.4 Å². The molecule has 2 amide bonds. The Labute approximate surface area is 156 Å². The van der Waals surface area contributed by atoms with E-state index in [9.17, 15) is 23.2 Å². The van der Waals surface area contributed by atoms with E-state index in [-0.39, 0.29) is 41.4 Å². The molecule has 0 unspecified atom stereocenters. The number of carbonyl (C=O) groups is 3. The van der Waals surface area contributed by atoms with Gasteiger partial charge in [-0.05, 0) is 43.9 Å². The third-order valence-electron chi connectivity index (χ3n) is 5.88. The number of carbonyl (C=O) groups excluding carboxylic acids is 3. The van der Waals surface area contributed by atoms with Gasteiger partial charge in [-0.25, -0.2) is 8.78 Å². The number of hydrogen-bond acceptors (Lipinski definition) is 3. The maximum atomic E-state index is 13.4. The molecule has 1 aromatic carbocycles. The fraction of sp³-hybridized carbons (Fsp3) is 0.550. The number of halogens is 2. The van der Waals surface area contributed by atoms with Gasteiger partial charge in [0.1, 0.15) is 0 Å². The molecule has 7 heteroatoms.